The first kappa shape index (κ1) is 21.8. The Hall–Kier alpha value is -2.40. The number of fused-ring (bicyclic) bond motifs is 1. The van der Waals surface area contributed by atoms with E-state index in [1.54, 1.807) is 9.80 Å². The number of benzene rings is 1. The van der Waals surface area contributed by atoms with Crippen molar-refractivity contribution in [3.8, 4) is 0 Å². The average Bonchev–Trinajstić information content (AvgIpc) is 2.66. The first-order valence-electron chi connectivity index (χ1n) is 10.1. The molecule has 3 aliphatic rings. The summed E-state index contributed by atoms with van der Waals surface area (Å²) in [6.45, 7) is 1.20. The minimum Gasteiger partial charge on any atom is -0.392 e. The monoisotopic (exact) mass is 445 g/mol. The quantitative estimate of drug-likeness (QED) is 0.695. The topological polar surface area (TPSA) is 82.1 Å². The number of halogens is 4. The summed E-state index contributed by atoms with van der Waals surface area (Å²) in [5.41, 5.74) is -1.04. The number of hydrogen-bond acceptors (Lipinski definition) is 4. The van der Waals surface area contributed by atoms with Crippen LogP contribution in [-0.4, -0.2) is 71.3 Å². The number of alkyl halides is 3. The molecule has 0 spiro atoms. The lowest BCUT2D eigenvalue weighted by Crippen LogP contribution is -2.64. The summed E-state index contributed by atoms with van der Waals surface area (Å²) in [4.78, 5) is 27.5. The van der Waals surface area contributed by atoms with E-state index in [9.17, 15) is 32.3 Å². The molecular weight excluding hydrogens is 422 g/mol. The molecule has 4 rings (SSSR count). The summed E-state index contributed by atoms with van der Waals surface area (Å²) >= 11 is 0. The first-order valence-corrected chi connectivity index (χ1v) is 10.1. The van der Waals surface area contributed by atoms with Crippen LogP contribution in [0.15, 0.2) is 18.2 Å². The summed E-state index contributed by atoms with van der Waals surface area (Å²) in [7, 11) is 0. The molecule has 3 amide bonds. The van der Waals surface area contributed by atoms with E-state index < -0.39 is 23.7 Å². The van der Waals surface area contributed by atoms with Crippen LogP contribution in [0.1, 0.15) is 24.0 Å². The summed E-state index contributed by atoms with van der Waals surface area (Å²) in [6.07, 6.45) is -4.96. The molecule has 1 unspecified atom stereocenters. The molecule has 3 aliphatic heterocycles. The number of carbonyl (C=O) groups excluding carboxylic acids is 2. The SMILES string of the molecule is O=C1CC(O)[C@H]2CCN(C(=O)N3CC(OCc4ccc(C(F)(F)F)cc4F)C3)C[C@H]2N1. The van der Waals surface area contributed by atoms with Crippen LogP contribution in [0.5, 0.6) is 0 Å². The van der Waals surface area contributed by atoms with Crippen molar-refractivity contribution in [1.29, 1.82) is 0 Å². The fourth-order valence-electron chi connectivity index (χ4n) is 4.31. The van der Waals surface area contributed by atoms with Gasteiger partial charge in [-0.25, -0.2) is 9.18 Å². The maximum absolute atomic E-state index is 13.9. The minimum atomic E-state index is -4.61. The molecule has 3 heterocycles. The van der Waals surface area contributed by atoms with Crippen molar-refractivity contribution in [1.82, 2.24) is 15.1 Å². The van der Waals surface area contributed by atoms with Gasteiger partial charge < -0.3 is 25.0 Å². The summed E-state index contributed by atoms with van der Waals surface area (Å²) in [5, 5.41) is 12.9. The van der Waals surface area contributed by atoms with E-state index >= 15 is 0 Å². The van der Waals surface area contributed by atoms with Crippen LogP contribution in [0.3, 0.4) is 0 Å². The van der Waals surface area contributed by atoms with E-state index in [1.807, 2.05) is 0 Å². The van der Waals surface area contributed by atoms with Gasteiger partial charge in [0.1, 0.15) is 5.82 Å². The standard InChI is InChI=1S/C20H23F4N3O4/c21-15-5-12(20(22,23)24)2-1-11(15)10-31-13-7-27(8-13)19(30)26-4-3-14-16(9-26)25-18(29)6-17(14)28/h1-2,5,13-14,16-17,28H,3-4,6-10H2,(H,25,29)/t14-,16+,17?/m0/s1. The Kier molecular flexibility index (Phi) is 5.82. The Morgan fingerprint density at radius 3 is 2.65 bits per heavy atom. The van der Waals surface area contributed by atoms with Gasteiger partial charge in [-0.1, -0.05) is 6.07 Å². The van der Waals surface area contributed by atoms with Crippen LogP contribution in [0.4, 0.5) is 22.4 Å². The molecule has 3 fully saturated rings. The molecule has 2 N–H and O–H groups in total. The van der Waals surface area contributed by atoms with Gasteiger partial charge in [0, 0.05) is 24.6 Å². The highest BCUT2D eigenvalue weighted by molar-refractivity contribution is 5.79. The van der Waals surface area contributed by atoms with Gasteiger partial charge in [-0.05, 0) is 18.6 Å². The molecular formula is C20H23F4N3O4. The van der Waals surface area contributed by atoms with E-state index in [4.69, 9.17) is 4.74 Å². The summed E-state index contributed by atoms with van der Waals surface area (Å²) in [5.74, 6) is -1.27. The number of carbonyl (C=O) groups is 2. The highest BCUT2D eigenvalue weighted by Crippen LogP contribution is 2.31. The second kappa shape index (κ2) is 8.27. The zero-order valence-electron chi connectivity index (χ0n) is 16.6. The third kappa shape index (κ3) is 4.62. The number of urea groups is 1. The van der Waals surface area contributed by atoms with Crippen molar-refractivity contribution in [2.45, 2.75) is 43.9 Å². The molecule has 0 aromatic heterocycles. The molecule has 31 heavy (non-hydrogen) atoms. The second-order valence-corrected chi connectivity index (χ2v) is 8.27. The number of likely N-dealkylation sites (tertiary alicyclic amines) is 2. The maximum Gasteiger partial charge on any atom is 0.416 e. The largest absolute Gasteiger partial charge is 0.416 e. The van der Waals surface area contributed by atoms with E-state index in [-0.39, 0.29) is 48.6 Å². The fraction of sp³-hybridized carbons (Fsp3) is 0.600. The van der Waals surface area contributed by atoms with Gasteiger partial charge in [0.05, 0.1) is 49.9 Å². The smallest absolute Gasteiger partial charge is 0.392 e. The van der Waals surface area contributed by atoms with Crippen molar-refractivity contribution in [3.05, 3.63) is 35.1 Å². The molecule has 170 valence electrons. The normalized spacial score (nSPS) is 26.9. The number of hydrogen-bond donors (Lipinski definition) is 2. The Morgan fingerprint density at radius 1 is 1.23 bits per heavy atom. The van der Waals surface area contributed by atoms with Gasteiger partial charge in [-0.15, -0.1) is 0 Å². The molecule has 1 aromatic carbocycles. The number of aliphatic hydroxyl groups excluding tert-OH is 1. The first-order chi connectivity index (χ1) is 14.6. The van der Waals surface area contributed by atoms with Crippen LogP contribution in [0, 0.1) is 11.7 Å². The third-order valence-electron chi connectivity index (χ3n) is 6.15. The van der Waals surface area contributed by atoms with Gasteiger partial charge in [-0.3, -0.25) is 4.79 Å². The van der Waals surface area contributed by atoms with E-state index in [1.165, 1.54) is 0 Å². The highest BCUT2D eigenvalue weighted by atomic mass is 19.4. The molecule has 1 aromatic rings. The molecule has 0 aliphatic carbocycles. The molecule has 0 bridgehead atoms. The molecule has 3 atom stereocenters. The Morgan fingerprint density at radius 2 is 1.97 bits per heavy atom. The zero-order valence-corrected chi connectivity index (χ0v) is 16.6. The number of amides is 3. The van der Waals surface area contributed by atoms with Crippen molar-refractivity contribution in [2.75, 3.05) is 26.2 Å². The molecule has 0 saturated carbocycles. The summed E-state index contributed by atoms with van der Waals surface area (Å²) < 4.78 is 57.2. The van der Waals surface area contributed by atoms with Gasteiger partial charge in [0.15, 0.2) is 0 Å². The van der Waals surface area contributed by atoms with E-state index in [0.717, 1.165) is 12.1 Å². The second-order valence-electron chi connectivity index (χ2n) is 8.27. The van der Waals surface area contributed by atoms with Crippen LogP contribution in [-0.2, 0) is 22.3 Å². The van der Waals surface area contributed by atoms with Crippen LogP contribution >= 0.6 is 0 Å². The fourth-order valence-corrected chi connectivity index (χ4v) is 4.31. The zero-order chi connectivity index (χ0) is 22.3. The highest BCUT2D eigenvalue weighted by Gasteiger charge is 2.42. The van der Waals surface area contributed by atoms with Crippen molar-refractivity contribution in [3.63, 3.8) is 0 Å². The molecule has 11 heteroatoms. The number of piperidine rings is 2. The Bertz CT molecular complexity index is 859. The van der Waals surface area contributed by atoms with Gasteiger partial charge in [0.2, 0.25) is 5.91 Å². The van der Waals surface area contributed by atoms with Gasteiger partial charge in [0.25, 0.3) is 0 Å². The predicted molar refractivity (Wildman–Crippen MR) is 99.2 cm³/mol. The van der Waals surface area contributed by atoms with Crippen LogP contribution in [0.2, 0.25) is 0 Å². The lowest BCUT2D eigenvalue weighted by molar-refractivity contribution is -0.137. The van der Waals surface area contributed by atoms with Crippen molar-refractivity contribution < 1.29 is 37.0 Å². The van der Waals surface area contributed by atoms with Crippen LogP contribution < -0.4 is 5.32 Å². The lowest BCUT2D eigenvalue weighted by atomic mass is 9.82. The van der Waals surface area contributed by atoms with Crippen LogP contribution in [0.25, 0.3) is 0 Å². The molecule has 3 saturated heterocycles. The number of ether oxygens (including phenoxy) is 1. The van der Waals surface area contributed by atoms with Crippen molar-refractivity contribution >= 4 is 11.9 Å². The average molecular weight is 445 g/mol. The van der Waals surface area contributed by atoms with Gasteiger partial charge in [-0.2, -0.15) is 13.2 Å². The summed E-state index contributed by atoms with van der Waals surface area (Å²) in [6, 6.07) is 1.83. The number of nitrogens with zero attached hydrogens (tertiary/aromatic N) is 2. The molecule has 0 radical (unpaired) electrons. The van der Waals surface area contributed by atoms with Crippen molar-refractivity contribution in [2.24, 2.45) is 5.92 Å². The third-order valence-corrected chi connectivity index (χ3v) is 6.15. The lowest BCUT2D eigenvalue weighted by Gasteiger charge is -2.47. The minimum absolute atomic E-state index is 0.0199. The maximum atomic E-state index is 13.9. The molecule has 7 nitrogen and oxygen atoms in total. The predicted octanol–water partition coefficient (Wildman–Crippen LogP) is 1.74. The Labute approximate surface area is 175 Å². The Balaban J connectivity index is 1.24. The van der Waals surface area contributed by atoms with E-state index in [0.29, 0.717) is 38.7 Å². The number of nitrogens with one attached hydrogen (secondary N) is 1. The van der Waals surface area contributed by atoms with E-state index in [2.05, 4.69) is 5.32 Å². The number of aliphatic hydroxyl groups is 1. The number of rotatable bonds is 3. The van der Waals surface area contributed by atoms with Gasteiger partial charge >= 0.3 is 12.2 Å².